The van der Waals surface area contributed by atoms with Gasteiger partial charge in [-0.15, -0.1) is 0 Å². The summed E-state index contributed by atoms with van der Waals surface area (Å²) in [6.45, 7) is 0. The molecule has 0 saturated heterocycles. The van der Waals surface area contributed by atoms with Gasteiger partial charge in [-0.1, -0.05) is 0 Å². The first-order valence-electron chi connectivity index (χ1n) is 11.4. The Balaban J connectivity index is 1.59. The molecule has 1 fully saturated rings. The molecular weight excluding hydrogens is 483 g/mol. The van der Waals surface area contributed by atoms with Gasteiger partial charge in [0.1, 0.15) is 23.0 Å². The third-order valence-corrected chi connectivity index (χ3v) is 7.44. The topological polar surface area (TPSA) is 93.5 Å². The first kappa shape index (κ1) is 23.8. The van der Waals surface area contributed by atoms with E-state index in [0.29, 0.717) is 39.5 Å². The van der Waals surface area contributed by atoms with Crippen molar-refractivity contribution < 1.29 is 22.3 Å². The van der Waals surface area contributed by atoms with Crippen LogP contribution in [0.5, 0.6) is 11.5 Å². The van der Waals surface area contributed by atoms with E-state index in [9.17, 15) is 17.6 Å². The average Bonchev–Trinajstić information content (AvgIpc) is 3.64. The fourth-order valence-corrected chi connectivity index (χ4v) is 4.64. The molecule has 1 heterocycles. The van der Waals surface area contributed by atoms with Gasteiger partial charge in [-0.2, -0.15) is 5.10 Å². The van der Waals surface area contributed by atoms with E-state index in [1.807, 2.05) is 6.07 Å². The lowest BCUT2D eigenvalue weighted by Gasteiger charge is -2.20. The molecule has 8 nitrogen and oxygen atoms in total. The lowest BCUT2D eigenvalue weighted by molar-refractivity contribution is 0.0957. The molecule has 36 heavy (non-hydrogen) atoms. The fraction of sp³-hybridized carbons (Fsp3) is 0.231. The maximum absolute atomic E-state index is 13.2. The van der Waals surface area contributed by atoms with Gasteiger partial charge < -0.3 is 10.1 Å². The summed E-state index contributed by atoms with van der Waals surface area (Å²) in [6, 6.07) is 16.3. The number of hydrogen-bond donors (Lipinski definition) is 1. The van der Waals surface area contributed by atoms with Crippen LogP contribution in [0, 0.1) is 5.82 Å². The molecule has 1 aliphatic rings. The van der Waals surface area contributed by atoms with Gasteiger partial charge in [0, 0.05) is 19.5 Å². The summed E-state index contributed by atoms with van der Waals surface area (Å²) < 4.78 is 46.3. The van der Waals surface area contributed by atoms with E-state index in [1.54, 1.807) is 42.1 Å². The van der Waals surface area contributed by atoms with Crippen molar-refractivity contribution in [3.05, 3.63) is 77.7 Å². The van der Waals surface area contributed by atoms with E-state index in [4.69, 9.17) is 4.74 Å². The zero-order valence-corrected chi connectivity index (χ0v) is 20.8. The highest BCUT2D eigenvalue weighted by Crippen LogP contribution is 2.46. The predicted molar refractivity (Wildman–Crippen MR) is 136 cm³/mol. The molecule has 3 aromatic carbocycles. The number of amides is 1. The first-order valence-corrected chi connectivity index (χ1v) is 13.3. The zero-order chi connectivity index (χ0) is 25.6. The Morgan fingerprint density at radius 2 is 1.69 bits per heavy atom. The average molecular weight is 509 g/mol. The number of sulfonamides is 1. The van der Waals surface area contributed by atoms with E-state index in [1.165, 1.54) is 35.6 Å². The van der Waals surface area contributed by atoms with Crippen LogP contribution in [0.4, 0.5) is 10.1 Å². The molecule has 0 radical (unpaired) electrons. The van der Waals surface area contributed by atoms with Crippen molar-refractivity contribution in [2.24, 2.45) is 0 Å². The predicted octanol–water partition coefficient (Wildman–Crippen LogP) is 4.59. The number of hydrogen-bond acceptors (Lipinski definition) is 5. The third-order valence-electron chi connectivity index (χ3n) is 6.25. The summed E-state index contributed by atoms with van der Waals surface area (Å²) in [7, 11) is -0.397. The number of carbonyl (C=O) groups excluding carboxylic acids is 1. The van der Waals surface area contributed by atoms with Gasteiger partial charge in [0.05, 0.1) is 23.1 Å². The zero-order valence-electron chi connectivity index (χ0n) is 20.0. The second-order valence-electron chi connectivity index (χ2n) is 8.82. The van der Waals surface area contributed by atoms with Gasteiger partial charge in [0.15, 0.2) is 0 Å². The third kappa shape index (κ3) is 4.51. The second-order valence-corrected chi connectivity index (χ2v) is 10.8. The SMILES string of the molecule is CNC(=O)c1c2cc(C3CC3)c(N(C)S(C)(=O)=O)cc2nn1-c1ccc(Oc2ccc(F)cc2)cc1. The van der Waals surface area contributed by atoms with E-state index in [-0.39, 0.29) is 17.6 Å². The van der Waals surface area contributed by atoms with Gasteiger partial charge in [0.2, 0.25) is 10.0 Å². The Bertz CT molecular complexity index is 1560. The molecule has 1 aliphatic carbocycles. The Morgan fingerprint density at radius 3 is 2.25 bits per heavy atom. The summed E-state index contributed by atoms with van der Waals surface area (Å²) in [5.41, 5.74) is 2.96. The quantitative estimate of drug-likeness (QED) is 0.394. The number of nitrogens with one attached hydrogen (secondary N) is 1. The first-order chi connectivity index (χ1) is 17.2. The number of halogens is 1. The molecule has 0 unspecified atom stereocenters. The summed E-state index contributed by atoms with van der Waals surface area (Å²) in [4.78, 5) is 13.0. The van der Waals surface area contributed by atoms with E-state index in [0.717, 1.165) is 24.7 Å². The maximum atomic E-state index is 13.2. The van der Waals surface area contributed by atoms with E-state index >= 15 is 0 Å². The minimum absolute atomic E-state index is 0.248. The van der Waals surface area contributed by atoms with Gasteiger partial charge in [-0.25, -0.2) is 17.5 Å². The number of carbonyl (C=O) groups is 1. The standard InChI is InChI=1S/C26H25FN4O4S/c1-28-26(32)25-22-14-21(16-4-5-16)24(30(2)36(3,33)34)15-23(22)29-31(25)18-8-12-20(13-9-18)35-19-10-6-17(27)7-11-19/h6-16H,4-5H2,1-3H3,(H,28,32). The van der Waals surface area contributed by atoms with Crippen molar-refractivity contribution in [3.63, 3.8) is 0 Å². The number of rotatable bonds is 7. The Labute approximate surface area is 208 Å². The molecule has 0 spiro atoms. The molecule has 1 saturated carbocycles. The van der Waals surface area contributed by atoms with Crippen molar-refractivity contribution in [2.45, 2.75) is 18.8 Å². The van der Waals surface area contributed by atoms with Crippen LogP contribution in [0.1, 0.15) is 34.8 Å². The van der Waals surface area contributed by atoms with Crippen LogP contribution in [-0.2, 0) is 10.0 Å². The summed E-state index contributed by atoms with van der Waals surface area (Å²) >= 11 is 0. The highest BCUT2D eigenvalue weighted by Gasteiger charge is 2.31. The van der Waals surface area contributed by atoms with Gasteiger partial charge in [0.25, 0.3) is 5.91 Å². The van der Waals surface area contributed by atoms with Crippen molar-refractivity contribution in [2.75, 3.05) is 24.7 Å². The van der Waals surface area contributed by atoms with Gasteiger partial charge in [-0.3, -0.25) is 9.10 Å². The normalized spacial score (nSPS) is 13.6. The number of fused-ring (bicyclic) bond motifs is 1. The Kier molecular flexibility index (Phi) is 5.91. The Hall–Kier alpha value is -3.92. The van der Waals surface area contributed by atoms with Crippen molar-refractivity contribution >= 4 is 32.5 Å². The van der Waals surface area contributed by atoms with E-state index in [2.05, 4.69) is 10.4 Å². The summed E-state index contributed by atoms with van der Waals surface area (Å²) in [5.74, 6) is 0.625. The van der Waals surface area contributed by atoms with Gasteiger partial charge >= 0.3 is 0 Å². The molecule has 1 N–H and O–H groups in total. The minimum atomic E-state index is -3.48. The number of aromatic nitrogens is 2. The van der Waals surface area contributed by atoms with Crippen LogP contribution < -0.4 is 14.4 Å². The highest BCUT2D eigenvalue weighted by molar-refractivity contribution is 7.92. The molecule has 186 valence electrons. The van der Waals surface area contributed by atoms with Crippen LogP contribution in [-0.4, -0.2) is 44.5 Å². The monoisotopic (exact) mass is 508 g/mol. The maximum Gasteiger partial charge on any atom is 0.270 e. The Morgan fingerprint density at radius 1 is 1.08 bits per heavy atom. The number of benzene rings is 3. The molecule has 1 amide bonds. The van der Waals surface area contributed by atoms with Crippen LogP contribution in [0.25, 0.3) is 16.6 Å². The second kappa shape index (κ2) is 8.94. The lowest BCUT2D eigenvalue weighted by atomic mass is 10.0. The largest absolute Gasteiger partial charge is 0.457 e. The summed E-state index contributed by atoms with van der Waals surface area (Å²) in [5, 5.41) is 8.00. The van der Waals surface area contributed by atoms with Crippen LogP contribution in [0.15, 0.2) is 60.7 Å². The molecule has 0 atom stereocenters. The highest BCUT2D eigenvalue weighted by atomic mass is 32.2. The van der Waals surface area contributed by atoms with Crippen molar-refractivity contribution in [1.82, 2.24) is 15.1 Å². The molecule has 4 aromatic rings. The fourth-order valence-electron chi connectivity index (χ4n) is 4.13. The van der Waals surface area contributed by atoms with Crippen LogP contribution in [0.2, 0.25) is 0 Å². The van der Waals surface area contributed by atoms with Gasteiger partial charge in [-0.05, 0) is 85.0 Å². The number of anilines is 1. The van der Waals surface area contributed by atoms with Crippen molar-refractivity contribution in [3.8, 4) is 17.2 Å². The molecule has 0 bridgehead atoms. The molecular formula is C26H25FN4O4S. The molecule has 5 rings (SSSR count). The van der Waals surface area contributed by atoms with Crippen molar-refractivity contribution in [1.29, 1.82) is 0 Å². The molecule has 1 aromatic heterocycles. The molecule has 10 heteroatoms. The van der Waals surface area contributed by atoms with E-state index < -0.39 is 10.0 Å². The number of ether oxygens (including phenoxy) is 1. The summed E-state index contributed by atoms with van der Waals surface area (Å²) in [6.07, 6.45) is 3.10. The number of nitrogens with zero attached hydrogens (tertiary/aromatic N) is 3. The smallest absolute Gasteiger partial charge is 0.270 e. The molecule has 0 aliphatic heterocycles. The van der Waals surface area contributed by atoms with Crippen LogP contribution >= 0.6 is 0 Å². The van der Waals surface area contributed by atoms with Crippen LogP contribution in [0.3, 0.4) is 0 Å². The lowest BCUT2D eigenvalue weighted by Crippen LogP contribution is -2.26. The minimum Gasteiger partial charge on any atom is -0.457 e.